The normalized spacial score (nSPS) is 11.3. The Morgan fingerprint density at radius 2 is 1.84 bits per heavy atom. The van der Waals surface area contributed by atoms with Crippen molar-refractivity contribution in [1.29, 1.82) is 0 Å². The van der Waals surface area contributed by atoms with Gasteiger partial charge in [0.25, 0.3) is 0 Å². The summed E-state index contributed by atoms with van der Waals surface area (Å²) < 4.78 is 41.9. The zero-order valence-corrected chi connectivity index (χ0v) is 10.5. The van der Waals surface area contributed by atoms with E-state index in [1.165, 1.54) is 18.6 Å². The highest BCUT2D eigenvalue weighted by atomic mass is 19.4. The molecule has 0 unspecified atom stereocenters. The molecule has 0 bridgehead atoms. The lowest BCUT2D eigenvalue weighted by molar-refractivity contribution is -0.137. The van der Waals surface area contributed by atoms with Crippen LogP contribution in [-0.2, 0) is 22.1 Å². The Morgan fingerprint density at radius 3 is 2.53 bits per heavy atom. The molecule has 0 aromatic heterocycles. The second-order valence-corrected chi connectivity index (χ2v) is 4.29. The van der Waals surface area contributed by atoms with E-state index in [4.69, 9.17) is 0 Å². The van der Waals surface area contributed by atoms with Gasteiger partial charge in [-0.05, 0) is 30.9 Å². The molecule has 0 spiro atoms. The van der Waals surface area contributed by atoms with E-state index in [-0.39, 0.29) is 0 Å². The minimum Gasteiger partial charge on any atom is -0.457 e. The lowest BCUT2D eigenvalue weighted by atomic mass is 10.0. The van der Waals surface area contributed by atoms with Crippen molar-refractivity contribution in [3.63, 3.8) is 0 Å². The molecule has 1 aromatic rings. The predicted octanol–water partition coefficient (Wildman–Crippen LogP) is 3.89. The second kappa shape index (κ2) is 7.81. The summed E-state index contributed by atoms with van der Waals surface area (Å²) in [6.07, 6.45) is -0.272. The summed E-state index contributed by atoms with van der Waals surface area (Å²) in [5.41, 5.74) is 0.104. The van der Waals surface area contributed by atoms with Crippen molar-refractivity contribution in [2.24, 2.45) is 0 Å². The molecule has 0 aliphatic carbocycles. The molecule has 105 valence electrons. The number of unbranched alkanes of at least 4 members (excludes halogenated alkanes) is 3. The van der Waals surface area contributed by atoms with Gasteiger partial charge in [-0.15, -0.1) is 0 Å². The molecule has 0 fully saturated rings. The molecule has 1 radical (unpaired) electrons. The van der Waals surface area contributed by atoms with Crippen molar-refractivity contribution in [2.45, 2.75) is 38.3 Å². The van der Waals surface area contributed by atoms with E-state index < -0.39 is 11.7 Å². The third-order valence-electron chi connectivity index (χ3n) is 2.78. The van der Waals surface area contributed by atoms with Gasteiger partial charge in [-0.1, -0.05) is 31.0 Å². The van der Waals surface area contributed by atoms with Crippen LogP contribution >= 0.6 is 0 Å². The summed E-state index contributed by atoms with van der Waals surface area (Å²) in [5, 5.41) is 0. The van der Waals surface area contributed by atoms with Crippen molar-refractivity contribution in [1.82, 2.24) is 0 Å². The fourth-order valence-electron chi connectivity index (χ4n) is 1.80. The molecule has 1 aromatic carbocycles. The first-order valence-corrected chi connectivity index (χ1v) is 6.19. The van der Waals surface area contributed by atoms with Crippen LogP contribution in [0.25, 0.3) is 0 Å². The first-order chi connectivity index (χ1) is 9.04. The van der Waals surface area contributed by atoms with Crippen LogP contribution in [-0.4, -0.2) is 13.1 Å². The Hall–Kier alpha value is -1.52. The first kappa shape index (κ1) is 15.5. The van der Waals surface area contributed by atoms with E-state index in [1.807, 2.05) is 0 Å². The Labute approximate surface area is 110 Å². The van der Waals surface area contributed by atoms with Gasteiger partial charge in [0.15, 0.2) is 0 Å². The molecule has 0 saturated heterocycles. The molecule has 0 aliphatic heterocycles. The van der Waals surface area contributed by atoms with E-state index >= 15 is 0 Å². The van der Waals surface area contributed by atoms with Gasteiger partial charge in [-0.2, -0.15) is 13.2 Å². The van der Waals surface area contributed by atoms with E-state index in [9.17, 15) is 18.0 Å². The van der Waals surface area contributed by atoms with Crippen LogP contribution in [0.1, 0.15) is 36.8 Å². The SMILES string of the molecule is O=[C]OCCCCCCc1cccc(C(F)(F)F)c1. The van der Waals surface area contributed by atoms with Crippen molar-refractivity contribution in [3.05, 3.63) is 35.4 Å². The molecule has 1 rings (SSSR count). The van der Waals surface area contributed by atoms with Gasteiger partial charge in [0.1, 0.15) is 0 Å². The third-order valence-corrected chi connectivity index (χ3v) is 2.78. The molecular formula is C14H16F3O2. The van der Waals surface area contributed by atoms with Crippen molar-refractivity contribution in [2.75, 3.05) is 6.61 Å². The molecule has 0 saturated carbocycles. The van der Waals surface area contributed by atoms with Gasteiger partial charge in [0.05, 0.1) is 12.2 Å². The number of hydrogen-bond donors (Lipinski definition) is 0. The molecule has 0 atom stereocenters. The summed E-state index contributed by atoms with van der Waals surface area (Å²) in [5.74, 6) is 0. The Kier molecular flexibility index (Phi) is 6.39. The van der Waals surface area contributed by atoms with Crippen molar-refractivity contribution in [3.8, 4) is 0 Å². The number of benzene rings is 1. The van der Waals surface area contributed by atoms with E-state index in [2.05, 4.69) is 4.74 Å². The third kappa shape index (κ3) is 6.27. The van der Waals surface area contributed by atoms with Crippen LogP contribution in [0.5, 0.6) is 0 Å². The van der Waals surface area contributed by atoms with Crippen molar-refractivity contribution < 1.29 is 22.7 Å². The number of carbonyl (C=O) groups excluding carboxylic acids is 1. The van der Waals surface area contributed by atoms with Crippen LogP contribution in [0.3, 0.4) is 0 Å². The molecule has 0 amide bonds. The molecule has 0 N–H and O–H groups in total. The topological polar surface area (TPSA) is 26.3 Å². The minimum atomic E-state index is -4.28. The quantitative estimate of drug-likeness (QED) is 0.672. The summed E-state index contributed by atoms with van der Waals surface area (Å²) >= 11 is 0. The molecule has 0 aliphatic rings. The van der Waals surface area contributed by atoms with Gasteiger partial charge in [0, 0.05) is 0 Å². The number of halogens is 3. The van der Waals surface area contributed by atoms with Crippen LogP contribution in [0.4, 0.5) is 13.2 Å². The standard InChI is InChI=1S/C14H16F3O2/c15-14(16,17)13-8-5-7-12(10-13)6-3-1-2-4-9-19-11-18/h5,7-8,10H,1-4,6,9H2. The average molecular weight is 273 g/mol. The van der Waals surface area contributed by atoms with Gasteiger partial charge < -0.3 is 4.74 Å². The van der Waals surface area contributed by atoms with Crippen molar-refractivity contribution >= 4 is 6.47 Å². The van der Waals surface area contributed by atoms with E-state index in [1.54, 1.807) is 6.07 Å². The van der Waals surface area contributed by atoms with Gasteiger partial charge in [-0.3, -0.25) is 0 Å². The highest BCUT2D eigenvalue weighted by Crippen LogP contribution is 2.29. The number of ether oxygens (including phenoxy) is 1. The van der Waals surface area contributed by atoms with Gasteiger partial charge >= 0.3 is 12.6 Å². The number of aryl methyl sites for hydroxylation is 1. The molecule has 5 heteroatoms. The molecular weight excluding hydrogens is 257 g/mol. The largest absolute Gasteiger partial charge is 0.457 e. The maximum atomic E-state index is 12.5. The average Bonchev–Trinajstić information content (AvgIpc) is 2.37. The molecule has 0 heterocycles. The fraction of sp³-hybridized carbons (Fsp3) is 0.500. The highest BCUT2D eigenvalue weighted by Gasteiger charge is 2.30. The monoisotopic (exact) mass is 273 g/mol. The number of hydrogen-bond acceptors (Lipinski definition) is 2. The molecule has 2 nitrogen and oxygen atoms in total. The van der Waals surface area contributed by atoms with E-state index in [0.29, 0.717) is 18.6 Å². The lowest BCUT2D eigenvalue weighted by Gasteiger charge is -2.08. The summed E-state index contributed by atoms with van der Waals surface area (Å²) in [6, 6.07) is 5.42. The lowest BCUT2D eigenvalue weighted by Crippen LogP contribution is -2.05. The summed E-state index contributed by atoms with van der Waals surface area (Å²) in [6.45, 7) is 1.70. The van der Waals surface area contributed by atoms with Crippen LogP contribution < -0.4 is 0 Å². The number of alkyl halides is 3. The van der Waals surface area contributed by atoms with E-state index in [0.717, 1.165) is 31.7 Å². The summed E-state index contributed by atoms with van der Waals surface area (Å²) in [4.78, 5) is 9.75. The van der Waals surface area contributed by atoms with Gasteiger partial charge in [0.2, 0.25) is 0 Å². The Bertz CT molecular complexity index is 389. The Balaban J connectivity index is 2.28. The predicted molar refractivity (Wildman–Crippen MR) is 65.3 cm³/mol. The maximum Gasteiger partial charge on any atom is 0.417 e. The highest BCUT2D eigenvalue weighted by molar-refractivity contribution is 5.37. The minimum absolute atomic E-state index is 0.354. The zero-order chi connectivity index (χ0) is 14.1. The van der Waals surface area contributed by atoms with Crippen LogP contribution in [0.15, 0.2) is 24.3 Å². The van der Waals surface area contributed by atoms with Crippen LogP contribution in [0, 0.1) is 0 Å². The fourth-order valence-corrected chi connectivity index (χ4v) is 1.80. The second-order valence-electron chi connectivity index (χ2n) is 4.29. The number of rotatable bonds is 8. The van der Waals surface area contributed by atoms with Gasteiger partial charge in [-0.25, -0.2) is 4.79 Å². The first-order valence-electron chi connectivity index (χ1n) is 6.19. The smallest absolute Gasteiger partial charge is 0.417 e. The Morgan fingerprint density at radius 1 is 1.11 bits per heavy atom. The van der Waals surface area contributed by atoms with Crippen LogP contribution in [0.2, 0.25) is 0 Å². The maximum absolute atomic E-state index is 12.5. The zero-order valence-electron chi connectivity index (χ0n) is 10.5. The molecule has 19 heavy (non-hydrogen) atoms. The summed E-state index contributed by atoms with van der Waals surface area (Å²) in [7, 11) is 0.